The smallest absolute Gasteiger partial charge is 0.344 e. The predicted molar refractivity (Wildman–Crippen MR) is 118 cm³/mol. The summed E-state index contributed by atoms with van der Waals surface area (Å²) in [7, 11) is 1.54. The van der Waals surface area contributed by atoms with Crippen molar-refractivity contribution in [3.05, 3.63) is 75.1 Å². The Hall–Kier alpha value is -3.54. The molecular formula is C25H24O6. The summed E-state index contributed by atoms with van der Waals surface area (Å²) < 4.78 is 21.6. The van der Waals surface area contributed by atoms with E-state index in [4.69, 9.17) is 18.6 Å². The monoisotopic (exact) mass is 420 g/mol. The molecular weight excluding hydrogens is 396 g/mol. The minimum Gasteiger partial charge on any atom is -0.493 e. The third-order valence-electron chi connectivity index (χ3n) is 5.32. The van der Waals surface area contributed by atoms with Gasteiger partial charge in [-0.05, 0) is 67.1 Å². The number of rotatable bonds is 7. The fourth-order valence-corrected chi connectivity index (χ4v) is 3.85. The van der Waals surface area contributed by atoms with Crippen molar-refractivity contribution in [3.8, 4) is 11.5 Å². The lowest BCUT2D eigenvalue weighted by Crippen LogP contribution is -2.15. The molecule has 0 unspecified atom stereocenters. The van der Waals surface area contributed by atoms with E-state index in [1.165, 1.54) is 17.2 Å². The van der Waals surface area contributed by atoms with E-state index in [0.717, 1.165) is 30.2 Å². The third-order valence-corrected chi connectivity index (χ3v) is 5.32. The van der Waals surface area contributed by atoms with E-state index in [1.54, 1.807) is 13.2 Å². The molecule has 2 aromatic carbocycles. The van der Waals surface area contributed by atoms with Gasteiger partial charge in [0.1, 0.15) is 12.2 Å². The van der Waals surface area contributed by atoms with Gasteiger partial charge in [0, 0.05) is 17.0 Å². The zero-order valence-corrected chi connectivity index (χ0v) is 17.6. The second-order valence-corrected chi connectivity index (χ2v) is 7.42. The van der Waals surface area contributed by atoms with Gasteiger partial charge in [0.15, 0.2) is 18.1 Å². The largest absolute Gasteiger partial charge is 0.493 e. The van der Waals surface area contributed by atoms with Crippen LogP contribution in [0.5, 0.6) is 11.5 Å². The first kappa shape index (κ1) is 20.7. The average Bonchev–Trinajstić information content (AvgIpc) is 3.22. The van der Waals surface area contributed by atoms with Crippen LogP contribution in [0.15, 0.2) is 51.7 Å². The Kier molecular flexibility index (Phi) is 6.07. The van der Waals surface area contributed by atoms with Crippen LogP contribution in [-0.2, 0) is 29.0 Å². The zero-order valence-electron chi connectivity index (χ0n) is 17.6. The molecule has 0 saturated heterocycles. The van der Waals surface area contributed by atoms with E-state index in [-0.39, 0.29) is 13.2 Å². The van der Waals surface area contributed by atoms with E-state index in [0.29, 0.717) is 22.6 Å². The van der Waals surface area contributed by atoms with Crippen molar-refractivity contribution in [1.29, 1.82) is 0 Å². The SMILES string of the molecule is C/C=C/c1ccc(OCC(=O)OCc2cc(=O)oc3cc4c(cc23)CCC4)c(OC)c1. The van der Waals surface area contributed by atoms with Crippen molar-refractivity contribution in [3.63, 3.8) is 0 Å². The fourth-order valence-electron chi connectivity index (χ4n) is 3.85. The van der Waals surface area contributed by atoms with E-state index >= 15 is 0 Å². The van der Waals surface area contributed by atoms with Crippen molar-refractivity contribution in [2.75, 3.05) is 13.7 Å². The van der Waals surface area contributed by atoms with Crippen LogP contribution in [-0.4, -0.2) is 19.7 Å². The second kappa shape index (κ2) is 9.08. The first-order chi connectivity index (χ1) is 15.1. The second-order valence-electron chi connectivity index (χ2n) is 7.42. The maximum absolute atomic E-state index is 12.3. The number of hydrogen-bond acceptors (Lipinski definition) is 6. The highest BCUT2D eigenvalue weighted by Gasteiger charge is 2.16. The molecule has 0 bridgehead atoms. The van der Waals surface area contributed by atoms with E-state index in [2.05, 4.69) is 0 Å². The number of methoxy groups -OCH3 is 1. The van der Waals surface area contributed by atoms with Crippen LogP contribution in [0.3, 0.4) is 0 Å². The standard InChI is InChI=1S/C25H24O6/c1-3-5-16-8-9-21(23(10-16)28-2)29-15-25(27)30-14-19-13-24(26)31-22-12-18-7-4-6-17(18)11-20(19)22/h3,5,8-13H,4,6-7,14-15H2,1-2H3/b5-3+. The van der Waals surface area contributed by atoms with Gasteiger partial charge in [-0.3, -0.25) is 0 Å². The number of benzene rings is 2. The van der Waals surface area contributed by atoms with Gasteiger partial charge in [-0.15, -0.1) is 0 Å². The van der Waals surface area contributed by atoms with Crippen LogP contribution in [0, 0.1) is 0 Å². The number of carbonyl (C=O) groups excluding carboxylic acids is 1. The number of aryl methyl sites for hydroxylation is 2. The van der Waals surface area contributed by atoms with Crippen molar-refractivity contribution in [1.82, 2.24) is 0 Å². The molecule has 0 spiro atoms. The highest BCUT2D eigenvalue weighted by atomic mass is 16.6. The highest BCUT2D eigenvalue weighted by molar-refractivity contribution is 5.82. The van der Waals surface area contributed by atoms with Crippen molar-refractivity contribution < 1.29 is 23.4 Å². The molecule has 0 aliphatic heterocycles. The Morgan fingerprint density at radius 3 is 2.68 bits per heavy atom. The summed E-state index contributed by atoms with van der Waals surface area (Å²) >= 11 is 0. The van der Waals surface area contributed by atoms with Gasteiger partial charge in [0.05, 0.1) is 7.11 Å². The normalized spacial score (nSPS) is 12.8. The van der Waals surface area contributed by atoms with E-state index < -0.39 is 11.6 Å². The molecule has 6 nitrogen and oxygen atoms in total. The minimum atomic E-state index is -0.540. The van der Waals surface area contributed by atoms with Gasteiger partial charge in [0.25, 0.3) is 0 Å². The Morgan fingerprint density at radius 2 is 1.90 bits per heavy atom. The Morgan fingerprint density at radius 1 is 1.10 bits per heavy atom. The number of hydrogen-bond donors (Lipinski definition) is 0. The van der Waals surface area contributed by atoms with Gasteiger partial charge in [0.2, 0.25) is 0 Å². The summed E-state index contributed by atoms with van der Waals surface area (Å²) in [5, 5.41) is 0.801. The van der Waals surface area contributed by atoms with Crippen LogP contribution in [0.1, 0.15) is 35.6 Å². The van der Waals surface area contributed by atoms with Crippen LogP contribution in [0.2, 0.25) is 0 Å². The maximum atomic E-state index is 12.3. The third kappa shape index (κ3) is 4.63. The topological polar surface area (TPSA) is 75.0 Å². The molecule has 4 rings (SSSR count). The molecule has 0 N–H and O–H groups in total. The first-order valence-corrected chi connectivity index (χ1v) is 10.2. The van der Waals surface area contributed by atoms with Crippen molar-refractivity contribution >= 4 is 23.0 Å². The summed E-state index contributed by atoms with van der Waals surface area (Å²) in [6.45, 7) is 1.63. The summed E-state index contributed by atoms with van der Waals surface area (Å²) in [6, 6.07) is 10.8. The lowest BCUT2D eigenvalue weighted by molar-refractivity contribution is -0.147. The van der Waals surface area contributed by atoms with Gasteiger partial charge in [-0.25, -0.2) is 9.59 Å². The molecule has 1 aromatic heterocycles. The minimum absolute atomic E-state index is 0.0273. The molecule has 6 heteroatoms. The van der Waals surface area contributed by atoms with Crippen LogP contribution in [0.25, 0.3) is 17.0 Å². The molecule has 0 fully saturated rings. The summed E-state index contributed by atoms with van der Waals surface area (Å²) in [6.07, 6.45) is 6.96. The number of esters is 1. The average molecular weight is 420 g/mol. The van der Waals surface area contributed by atoms with Crippen molar-refractivity contribution in [2.24, 2.45) is 0 Å². The number of allylic oxidation sites excluding steroid dienone is 1. The first-order valence-electron chi connectivity index (χ1n) is 10.2. The molecule has 160 valence electrons. The maximum Gasteiger partial charge on any atom is 0.344 e. The molecule has 0 atom stereocenters. The van der Waals surface area contributed by atoms with Crippen molar-refractivity contribution in [2.45, 2.75) is 32.8 Å². The molecule has 0 amide bonds. The van der Waals surface area contributed by atoms with Crippen LogP contribution < -0.4 is 15.1 Å². The van der Waals surface area contributed by atoms with Crippen LogP contribution in [0.4, 0.5) is 0 Å². The van der Waals surface area contributed by atoms with Crippen LogP contribution >= 0.6 is 0 Å². The molecule has 31 heavy (non-hydrogen) atoms. The highest BCUT2D eigenvalue weighted by Crippen LogP contribution is 2.30. The summed E-state index contributed by atoms with van der Waals surface area (Å²) in [5.41, 5.74) is 4.14. The summed E-state index contributed by atoms with van der Waals surface area (Å²) in [4.78, 5) is 24.2. The van der Waals surface area contributed by atoms with Gasteiger partial charge < -0.3 is 18.6 Å². The molecule has 1 aliphatic rings. The number of fused-ring (bicyclic) bond motifs is 2. The predicted octanol–water partition coefficient (Wildman–Crippen LogP) is 4.45. The van der Waals surface area contributed by atoms with E-state index in [1.807, 2.05) is 43.3 Å². The quantitative estimate of drug-likeness (QED) is 0.415. The van der Waals surface area contributed by atoms with Gasteiger partial charge >= 0.3 is 11.6 Å². The molecule has 3 aromatic rings. The molecule has 1 aliphatic carbocycles. The lowest BCUT2D eigenvalue weighted by atomic mass is 10.0. The Labute approximate surface area is 180 Å². The van der Waals surface area contributed by atoms with E-state index in [9.17, 15) is 9.59 Å². The summed E-state index contributed by atoms with van der Waals surface area (Å²) in [5.74, 6) is 0.445. The molecule has 0 radical (unpaired) electrons. The fraction of sp³-hybridized carbons (Fsp3) is 0.280. The lowest BCUT2D eigenvalue weighted by Gasteiger charge is -2.12. The van der Waals surface area contributed by atoms with Gasteiger partial charge in [-0.2, -0.15) is 0 Å². The zero-order chi connectivity index (χ0) is 21.8. The number of carbonyl (C=O) groups is 1. The molecule has 1 heterocycles. The molecule has 0 saturated carbocycles. The van der Waals surface area contributed by atoms with Gasteiger partial charge in [-0.1, -0.05) is 18.2 Å². The number of ether oxygens (including phenoxy) is 3. The Bertz CT molecular complexity index is 1200. The Balaban J connectivity index is 1.44.